The molecule has 2 aromatic carbocycles. The molecule has 0 spiro atoms. The summed E-state index contributed by atoms with van der Waals surface area (Å²) < 4.78 is 38.1. The van der Waals surface area contributed by atoms with Gasteiger partial charge in [0.15, 0.2) is 0 Å². The lowest BCUT2D eigenvalue weighted by Crippen LogP contribution is -2.06. The normalized spacial score (nSPS) is 11.6. The second-order valence-electron chi connectivity index (χ2n) is 4.81. The van der Waals surface area contributed by atoms with Gasteiger partial charge >= 0.3 is 6.18 Å². The first-order chi connectivity index (χ1) is 10.9. The third-order valence-corrected chi connectivity index (χ3v) is 4.05. The number of para-hydroxylation sites is 1. The second kappa shape index (κ2) is 6.04. The van der Waals surface area contributed by atoms with E-state index >= 15 is 0 Å². The van der Waals surface area contributed by atoms with E-state index in [0.29, 0.717) is 5.03 Å². The number of alkyl halides is 3. The van der Waals surface area contributed by atoms with Crippen LogP contribution in [0.25, 0.3) is 10.9 Å². The van der Waals surface area contributed by atoms with E-state index in [1.807, 2.05) is 30.3 Å². The van der Waals surface area contributed by atoms with E-state index in [9.17, 15) is 18.0 Å². The third-order valence-electron chi connectivity index (χ3n) is 3.20. The van der Waals surface area contributed by atoms with Crippen LogP contribution in [0.2, 0.25) is 0 Å². The molecule has 0 radical (unpaired) electrons. The summed E-state index contributed by atoms with van der Waals surface area (Å²) in [7, 11) is 0. The first kappa shape index (κ1) is 15.6. The zero-order chi connectivity index (χ0) is 16.4. The summed E-state index contributed by atoms with van der Waals surface area (Å²) in [6, 6.07) is 15.3. The SMILES string of the molecule is O=C(Sc1ccc2ccccc2n1)c1cccc(C(F)(F)F)c1. The average molecular weight is 333 g/mol. The molecule has 1 heterocycles. The van der Waals surface area contributed by atoms with Gasteiger partial charge in [-0.1, -0.05) is 36.4 Å². The quantitative estimate of drug-likeness (QED) is 0.605. The topological polar surface area (TPSA) is 30.0 Å². The minimum Gasteiger partial charge on any atom is -0.281 e. The molecule has 0 saturated heterocycles. The molecule has 0 aliphatic heterocycles. The van der Waals surface area contributed by atoms with Crippen LogP contribution in [0.15, 0.2) is 65.7 Å². The highest BCUT2D eigenvalue weighted by molar-refractivity contribution is 8.14. The van der Waals surface area contributed by atoms with Crippen LogP contribution >= 0.6 is 11.8 Å². The lowest BCUT2D eigenvalue weighted by Gasteiger charge is -2.08. The number of rotatable bonds is 2. The largest absolute Gasteiger partial charge is 0.416 e. The van der Waals surface area contributed by atoms with Gasteiger partial charge in [-0.3, -0.25) is 4.79 Å². The standard InChI is InChI=1S/C17H10F3NOS/c18-17(19,20)13-6-3-5-12(10-13)16(22)23-15-9-8-11-4-1-2-7-14(11)21-15/h1-10H. The summed E-state index contributed by atoms with van der Waals surface area (Å²) >= 11 is 0.813. The molecule has 23 heavy (non-hydrogen) atoms. The van der Waals surface area contributed by atoms with E-state index in [0.717, 1.165) is 34.8 Å². The smallest absolute Gasteiger partial charge is 0.281 e. The number of halogens is 3. The molecule has 1 aromatic heterocycles. The molecular formula is C17H10F3NOS. The van der Waals surface area contributed by atoms with Crippen molar-refractivity contribution in [2.24, 2.45) is 0 Å². The fraction of sp³-hybridized carbons (Fsp3) is 0.0588. The molecule has 0 N–H and O–H groups in total. The van der Waals surface area contributed by atoms with Crippen molar-refractivity contribution in [1.29, 1.82) is 0 Å². The van der Waals surface area contributed by atoms with Gasteiger partial charge in [0.25, 0.3) is 0 Å². The number of carbonyl (C=O) groups is 1. The Hall–Kier alpha value is -2.34. The number of carbonyl (C=O) groups excluding carboxylic acids is 1. The van der Waals surface area contributed by atoms with E-state index in [1.54, 1.807) is 6.07 Å². The second-order valence-corrected chi connectivity index (χ2v) is 5.80. The van der Waals surface area contributed by atoms with Gasteiger partial charge in [-0.2, -0.15) is 13.2 Å². The molecule has 0 bridgehead atoms. The molecule has 3 aromatic rings. The molecule has 0 fully saturated rings. The van der Waals surface area contributed by atoms with Crippen LogP contribution in [0.5, 0.6) is 0 Å². The van der Waals surface area contributed by atoms with Crippen LogP contribution in [-0.2, 0) is 6.18 Å². The number of hydrogen-bond acceptors (Lipinski definition) is 3. The van der Waals surface area contributed by atoms with Crippen molar-refractivity contribution in [1.82, 2.24) is 4.98 Å². The van der Waals surface area contributed by atoms with Crippen LogP contribution in [0.3, 0.4) is 0 Å². The molecule has 0 atom stereocenters. The van der Waals surface area contributed by atoms with Crippen molar-refractivity contribution in [3.8, 4) is 0 Å². The summed E-state index contributed by atoms with van der Waals surface area (Å²) in [4.78, 5) is 16.5. The number of aromatic nitrogens is 1. The maximum atomic E-state index is 12.7. The minimum atomic E-state index is -4.47. The number of hydrogen-bond donors (Lipinski definition) is 0. The van der Waals surface area contributed by atoms with Gasteiger partial charge in [0.05, 0.1) is 11.1 Å². The highest BCUT2D eigenvalue weighted by Crippen LogP contribution is 2.31. The highest BCUT2D eigenvalue weighted by Gasteiger charge is 2.30. The van der Waals surface area contributed by atoms with Gasteiger partial charge in [-0.05, 0) is 36.0 Å². The van der Waals surface area contributed by atoms with Gasteiger partial charge < -0.3 is 0 Å². The summed E-state index contributed by atoms with van der Waals surface area (Å²) in [6.07, 6.45) is -4.47. The third kappa shape index (κ3) is 3.53. The van der Waals surface area contributed by atoms with Gasteiger partial charge in [-0.25, -0.2) is 4.98 Å². The minimum absolute atomic E-state index is 0.000200. The zero-order valence-corrected chi connectivity index (χ0v) is 12.5. The monoisotopic (exact) mass is 333 g/mol. The molecule has 3 rings (SSSR count). The van der Waals surface area contributed by atoms with Crippen molar-refractivity contribution in [2.75, 3.05) is 0 Å². The summed E-state index contributed by atoms with van der Waals surface area (Å²) in [5.74, 6) is 0. The Kier molecular flexibility index (Phi) is 4.09. The van der Waals surface area contributed by atoms with Crippen LogP contribution in [0.4, 0.5) is 13.2 Å². The van der Waals surface area contributed by atoms with E-state index in [-0.39, 0.29) is 5.56 Å². The number of pyridine rings is 1. The fourth-order valence-corrected chi connectivity index (χ4v) is 2.80. The van der Waals surface area contributed by atoms with Crippen LogP contribution in [0.1, 0.15) is 15.9 Å². The van der Waals surface area contributed by atoms with Gasteiger partial charge in [0, 0.05) is 10.9 Å². The Morgan fingerprint density at radius 2 is 1.74 bits per heavy atom. The van der Waals surface area contributed by atoms with E-state index in [1.165, 1.54) is 12.1 Å². The fourth-order valence-electron chi connectivity index (χ4n) is 2.08. The maximum Gasteiger partial charge on any atom is 0.416 e. The Morgan fingerprint density at radius 3 is 2.52 bits per heavy atom. The first-order valence-electron chi connectivity index (χ1n) is 6.69. The van der Waals surface area contributed by atoms with Gasteiger partial charge in [0.1, 0.15) is 5.03 Å². The lowest BCUT2D eigenvalue weighted by molar-refractivity contribution is -0.137. The molecule has 116 valence electrons. The number of fused-ring (bicyclic) bond motifs is 1. The molecular weight excluding hydrogens is 323 g/mol. The predicted octanol–water partition coefficient (Wildman–Crippen LogP) is 5.19. The molecule has 0 saturated carbocycles. The van der Waals surface area contributed by atoms with Crippen molar-refractivity contribution in [2.45, 2.75) is 11.2 Å². The molecule has 0 aliphatic carbocycles. The van der Waals surface area contributed by atoms with Gasteiger partial charge in [-0.15, -0.1) is 0 Å². The number of nitrogens with zero attached hydrogens (tertiary/aromatic N) is 1. The number of thioether (sulfide) groups is 1. The van der Waals surface area contributed by atoms with Crippen molar-refractivity contribution in [3.63, 3.8) is 0 Å². The highest BCUT2D eigenvalue weighted by atomic mass is 32.2. The van der Waals surface area contributed by atoms with E-state index in [4.69, 9.17) is 0 Å². The van der Waals surface area contributed by atoms with E-state index < -0.39 is 16.9 Å². The number of benzene rings is 2. The zero-order valence-electron chi connectivity index (χ0n) is 11.7. The molecule has 0 amide bonds. The van der Waals surface area contributed by atoms with Crippen LogP contribution < -0.4 is 0 Å². The summed E-state index contributed by atoms with van der Waals surface area (Å²) in [5.41, 5.74) is -0.107. The lowest BCUT2D eigenvalue weighted by atomic mass is 10.1. The molecule has 0 unspecified atom stereocenters. The molecule has 0 aliphatic rings. The summed E-state index contributed by atoms with van der Waals surface area (Å²) in [6.45, 7) is 0. The van der Waals surface area contributed by atoms with Crippen molar-refractivity contribution >= 4 is 27.8 Å². The average Bonchev–Trinajstić information content (AvgIpc) is 2.54. The predicted molar refractivity (Wildman–Crippen MR) is 83.4 cm³/mol. The Bertz CT molecular complexity index is 877. The Morgan fingerprint density at radius 1 is 0.957 bits per heavy atom. The molecule has 2 nitrogen and oxygen atoms in total. The maximum absolute atomic E-state index is 12.7. The first-order valence-corrected chi connectivity index (χ1v) is 7.50. The van der Waals surface area contributed by atoms with Crippen molar-refractivity contribution in [3.05, 3.63) is 71.8 Å². The van der Waals surface area contributed by atoms with Crippen LogP contribution in [0, 0.1) is 0 Å². The Balaban J connectivity index is 1.86. The van der Waals surface area contributed by atoms with Crippen LogP contribution in [-0.4, -0.2) is 10.1 Å². The summed E-state index contributed by atoms with van der Waals surface area (Å²) in [5, 5.41) is 0.911. The molecule has 6 heteroatoms. The Labute approximate surface area is 134 Å². The van der Waals surface area contributed by atoms with E-state index in [2.05, 4.69) is 4.98 Å². The van der Waals surface area contributed by atoms with Crippen molar-refractivity contribution < 1.29 is 18.0 Å². The van der Waals surface area contributed by atoms with Gasteiger partial charge in [0.2, 0.25) is 5.12 Å².